The molecule has 1 aromatic carbocycles. The van der Waals surface area contributed by atoms with Gasteiger partial charge in [0.25, 0.3) is 0 Å². The number of nitrogens with two attached hydrogens (primary N) is 4. The molecule has 0 saturated carbocycles. The fraction of sp³-hybridized carbons (Fsp3) is 0. The Morgan fingerprint density at radius 2 is 1.56 bits per heavy atom. The molecule has 0 amide bonds. The van der Waals surface area contributed by atoms with Crippen molar-refractivity contribution in [1.29, 1.82) is 0 Å². The second-order valence-electron chi connectivity index (χ2n) is 3.38. The predicted molar refractivity (Wildman–Crippen MR) is 81.0 cm³/mol. The van der Waals surface area contributed by atoms with Gasteiger partial charge in [-0.2, -0.15) is 0 Å². The lowest BCUT2D eigenvalue weighted by atomic mass is 10.3. The third-order valence-electron chi connectivity index (χ3n) is 1.93. The monoisotopic (exact) mass is 329 g/mol. The minimum atomic E-state index is 0.256. The van der Waals surface area contributed by atoms with E-state index in [2.05, 4.69) is 20.9 Å². The topological polar surface area (TPSA) is 117 Å². The number of pyridine rings is 1. The molecule has 0 fully saturated rings. The Morgan fingerprint density at radius 3 is 2.00 bits per heavy atom. The third-order valence-corrected chi connectivity index (χ3v) is 2.84. The Morgan fingerprint density at radius 1 is 1.00 bits per heavy atom. The van der Waals surface area contributed by atoms with E-state index in [4.69, 9.17) is 34.5 Å². The molecule has 0 spiro atoms. The summed E-state index contributed by atoms with van der Waals surface area (Å²) in [6, 6.07) is 8.66. The van der Waals surface area contributed by atoms with Crippen LogP contribution in [-0.4, -0.2) is 4.98 Å². The molecule has 0 radical (unpaired) electrons. The molecule has 5 nitrogen and oxygen atoms in total. The summed E-state index contributed by atoms with van der Waals surface area (Å²) in [6.07, 6.45) is 0. The molecule has 2 rings (SSSR count). The lowest BCUT2D eigenvalue weighted by Crippen LogP contribution is -2.01. The van der Waals surface area contributed by atoms with E-state index in [1.54, 1.807) is 30.3 Å². The molecule has 0 aliphatic heterocycles. The van der Waals surface area contributed by atoms with Crippen molar-refractivity contribution in [3.05, 3.63) is 39.8 Å². The van der Waals surface area contributed by atoms with Crippen LogP contribution in [0.5, 0.6) is 0 Å². The Bertz CT molecular complexity index is 485. The van der Waals surface area contributed by atoms with Gasteiger partial charge >= 0.3 is 0 Å². The number of halogens is 2. The summed E-state index contributed by atoms with van der Waals surface area (Å²) in [5.41, 5.74) is 22.7. The normalized spacial score (nSPS) is 9.44. The van der Waals surface area contributed by atoms with Crippen molar-refractivity contribution < 1.29 is 0 Å². The summed E-state index contributed by atoms with van der Waals surface area (Å²) in [4.78, 5) is 3.73. The van der Waals surface area contributed by atoms with Crippen LogP contribution in [0.25, 0.3) is 0 Å². The zero-order valence-electron chi connectivity index (χ0n) is 9.40. The largest absolute Gasteiger partial charge is 0.399 e. The number of hydrogen-bond donors (Lipinski definition) is 4. The van der Waals surface area contributed by atoms with Crippen molar-refractivity contribution in [2.75, 3.05) is 22.9 Å². The molecule has 18 heavy (non-hydrogen) atoms. The number of nitrogens with zero attached hydrogens (tertiary/aromatic N) is 1. The zero-order chi connectivity index (χ0) is 13.7. The van der Waals surface area contributed by atoms with E-state index < -0.39 is 0 Å². The van der Waals surface area contributed by atoms with Gasteiger partial charge in [0.15, 0.2) is 0 Å². The van der Waals surface area contributed by atoms with Gasteiger partial charge in [-0.05, 0) is 46.3 Å². The van der Waals surface area contributed by atoms with Crippen LogP contribution >= 0.6 is 27.5 Å². The SMILES string of the molecule is Nc1cc(Br)c(N)c(N)n1.Nc1ccc(Cl)cc1. The van der Waals surface area contributed by atoms with Crippen LogP contribution in [0.1, 0.15) is 0 Å². The third kappa shape index (κ3) is 4.31. The van der Waals surface area contributed by atoms with Gasteiger partial charge in [0.1, 0.15) is 11.6 Å². The molecule has 1 heterocycles. The van der Waals surface area contributed by atoms with Gasteiger partial charge in [-0.25, -0.2) is 4.98 Å². The van der Waals surface area contributed by atoms with Crippen molar-refractivity contribution in [2.24, 2.45) is 0 Å². The first-order chi connectivity index (χ1) is 8.40. The average Bonchev–Trinajstić information content (AvgIpc) is 2.31. The van der Waals surface area contributed by atoms with E-state index in [0.29, 0.717) is 16.0 Å². The molecule has 0 bridgehead atoms. The Balaban J connectivity index is 0.000000184. The van der Waals surface area contributed by atoms with Gasteiger partial charge in [-0.15, -0.1) is 0 Å². The Labute approximate surface area is 118 Å². The van der Waals surface area contributed by atoms with Crippen molar-refractivity contribution in [1.82, 2.24) is 4.98 Å². The number of nitrogen functional groups attached to an aromatic ring is 4. The fourth-order valence-corrected chi connectivity index (χ4v) is 1.59. The highest BCUT2D eigenvalue weighted by atomic mass is 79.9. The van der Waals surface area contributed by atoms with Gasteiger partial charge in [0.2, 0.25) is 0 Å². The standard InChI is InChI=1S/C6H6ClN.C5H7BrN4/c7-5-1-3-6(8)4-2-5;6-2-1-3(7)10-5(9)4(2)8/h1-4H,8H2;1H,8H2,(H4,7,9,10). The average molecular weight is 331 g/mol. The summed E-state index contributed by atoms with van der Waals surface area (Å²) in [5, 5.41) is 0.721. The molecule has 8 N–H and O–H groups in total. The summed E-state index contributed by atoms with van der Waals surface area (Å²) >= 11 is 8.73. The zero-order valence-corrected chi connectivity index (χ0v) is 11.7. The molecule has 7 heteroatoms. The molecule has 0 aliphatic carbocycles. The number of aromatic nitrogens is 1. The van der Waals surface area contributed by atoms with Crippen LogP contribution < -0.4 is 22.9 Å². The first kappa shape index (κ1) is 14.4. The van der Waals surface area contributed by atoms with E-state index in [-0.39, 0.29) is 5.82 Å². The predicted octanol–water partition coefficient (Wildman–Crippen LogP) is 2.51. The van der Waals surface area contributed by atoms with Gasteiger partial charge in [-0.1, -0.05) is 11.6 Å². The molecule has 0 atom stereocenters. The highest BCUT2D eigenvalue weighted by Crippen LogP contribution is 2.25. The molecular weight excluding hydrogens is 318 g/mol. The van der Waals surface area contributed by atoms with Crippen molar-refractivity contribution >= 4 is 50.5 Å². The highest BCUT2D eigenvalue weighted by Gasteiger charge is 2.01. The van der Waals surface area contributed by atoms with Gasteiger partial charge < -0.3 is 22.9 Å². The van der Waals surface area contributed by atoms with Gasteiger partial charge in [-0.3, -0.25) is 0 Å². The molecule has 0 aliphatic rings. The molecule has 0 unspecified atom stereocenters. The smallest absolute Gasteiger partial charge is 0.150 e. The van der Waals surface area contributed by atoms with E-state index in [1.807, 2.05) is 0 Å². The van der Waals surface area contributed by atoms with Crippen molar-refractivity contribution in [2.45, 2.75) is 0 Å². The van der Waals surface area contributed by atoms with Crippen LogP contribution in [-0.2, 0) is 0 Å². The lowest BCUT2D eigenvalue weighted by Gasteiger charge is -2.01. The quantitative estimate of drug-likeness (QED) is 0.554. The molecular formula is C11H13BrClN5. The summed E-state index contributed by atoms with van der Waals surface area (Å²) in [5.74, 6) is 0.616. The second kappa shape index (κ2) is 6.32. The van der Waals surface area contributed by atoms with E-state index in [0.717, 1.165) is 10.7 Å². The summed E-state index contributed by atoms with van der Waals surface area (Å²) < 4.78 is 0.678. The second-order valence-corrected chi connectivity index (χ2v) is 4.67. The lowest BCUT2D eigenvalue weighted by molar-refractivity contribution is 1.33. The number of anilines is 4. The van der Waals surface area contributed by atoms with Gasteiger partial charge in [0.05, 0.1) is 5.69 Å². The number of hydrogen-bond acceptors (Lipinski definition) is 5. The van der Waals surface area contributed by atoms with Crippen LogP contribution in [0.3, 0.4) is 0 Å². The molecule has 0 saturated heterocycles. The minimum absolute atomic E-state index is 0.256. The van der Waals surface area contributed by atoms with E-state index in [1.165, 1.54) is 0 Å². The van der Waals surface area contributed by atoms with E-state index >= 15 is 0 Å². The molecule has 1 aromatic heterocycles. The first-order valence-electron chi connectivity index (χ1n) is 4.88. The fourth-order valence-electron chi connectivity index (χ4n) is 1.02. The van der Waals surface area contributed by atoms with Crippen molar-refractivity contribution in [3.8, 4) is 0 Å². The Kier molecular flexibility index (Phi) is 5.06. The minimum Gasteiger partial charge on any atom is -0.399 e. The highest BCUT2D eigenvalue weighted by molar-refractivity contribution is 9.10. The van der Waals surface area contributed by atoms with Crippen LogP contribution in [0, 0.1) is 0 Å². The van der Waals surface area contributed by atoms with Gasteiger partial charge in [0, 0.05) is 15.2 Å². The summed E-state index contributed by atoms with van der Waals surface area (Å²) in [7, 11) is 0. The molecule has 2 aromatic rings. The van der Waals surface area contributed by atoms with Crippen LogP contribution in [0.4, 0.5) is 23.0 Å². The number of rotatable bonds is 0. The maximum atomic E-state index is 5.56. The number of benzene rings is 1. The maximum absolute atomic E-state index is 5.56. The maximum Gasteiger partial charge on any atom is 0.150 e. The first-order valence-corrected chi connectivity index (χ1v) is 6.05. The molecule has 96 valence electrons. The van der Waals surface area contributed by atoms with E-state index in [9.17, 15) is 0 Å². The Hall–Kier alpha value is -1.66. The summed E-state index contributed by atoms with van der Waals surface area (Å²) in [6.45, 7) is 0. The van der Waals surface area contributed by atoms with Crippen LogP contribution in [0.15, 0.2) is 34.8 Å². The van der Waals surface area contributed by atoms with Crippen LogP contribution in [0.2, 0.25) is 5.02 Å². The van der Waals surface area contributed by atoms with Crippen molar-refractivity contribution in [3.63, 3.8) is 0 Å².